The van der Waals surface area contributed by atoms with Crippen molar-refractivity contribution in [3.05, 3.63) is 35.9 Å². The van der Waals surface area contributed by atoms with E-state index in [1.165, 1.54) is 19.2 Å². The first-order valence-corrected chi connectivity index (χ1v) is 11.2. The van der Waals surface area contributed by atoms with E-state index in [1.807, 2.05) is 6.07 Å². The molecule has 2 aromatic heterocycles. The maximum absolute atomic E-state index is 15.9. The number of aromatic nitrogens is 3. The first-order valence-electron chi connectivity index (χ1n) is 10.4. The molecule has 7 nitrogen and oxygen atoms in total. The van der Waals surface area contributed by atoms with Crippen molar-refractivity contribution in [2.45, 2.75) is 24.9 Å². The zero-order valence-corrected chi connectivity index (χ0v) is 18.0. The Kier molecular flexibility index (Phi) is 4.41. The number of rotatable bonds is 3. The molecule has 0 aliphatic carbocycles. The van der Waals surface area contributed by atoms with Gasteiger partial charge in [0, 0.05) is 41.7 Å². The number of benzene rings is 2. The van der Waals surface area contributed by atoms with Crippen LogP contribution in [0.1, 0.15) is 12.8 Å². The average Bonchev–Trinajstić information content (AvgIpc) is 3.35. The quantitative estimate of drug-likeness (QED) is 0.488. The molecule has 2 bridgehead atoms. The topological polar surface area (TPSA) is 89.2 Å². The summed E-state index contributed by atoms with van der Waals surface area (Å²) in [5.41, 5.74) is 7.05. The van der Waals surface area contributed by atoms with Crippen molar-refractivity contribution in [2.24, 2.45) is 0 Å². The van der Waals surface area contributed by atoms with Gasteiger partial charge >= 0.3 is 6.01 Å². The van der Waals surface area contributed by atoms with Gasteiger partial charge in [-0.15, -0.1) is 0 Å². The van der Waals surface area contributed by atoms with Crippen LogP contribution in [0.25, 0.3) is 32.2 Å². The lowest BCUT2D eigenvalue weighted by Gasteiger charge is -2.34. The fourth-order valence-corrected chi connectivity index (χ4v) is 5.61. The maximum atomic E-state index is 15.9. The number of anilines is 2. The van der Waals surface area contributed by atoms with E-state index in [4.69, 9.17) is 10.5 Å². The van der Waals surface area contributed by atoms with Crippen molar-refractivity contribution in [3.63, 3.8) is 0 Å². The molecule has 2 unspecified atom stereocenters. The molecule has 2 atom stereocenters. The second-order valence-corrected chi connectivity index (χ2v) is 9.26. The summed E-state index contributed by atoms with van der Waals surface area (Å²) in [6, 6.07) is 7.23. The van der Waals surface area contributed by atoms with Crippen molar-refractivity contribution in [1.82, 2.24) is 20.3 Å². The summed E-state index contributed by atoms with van der Waals surface area (Å²) in [4.78, 5) is 15.3. The van der Waals surface area contributed by atoms with Gasteiger partial charge in [0.2, 0.25) is 0 Å². The largest absolute Gasteiger partial charge is 0.467 e. The predicted molar refractivity (Wildman–Crippen MR) is 121 cm³/mol. The van der Waals surface area contributed by atoms with Crippen LogP contribution in [-0.4, -0.2) is 47.2 Å². The number of methoxy groups -OCH3 is 1. The third kappa shape index (κ3) is 2.97. The summed E-state index contributed by atoms with van der Waals surface area (Å²) in [5, 5.41) is 4.44. The summed E-state index contributed by atoms with van der Waals surface area (Å²) in [7, 11) is 1.47. The van der Waals surface area contributed by atoms with Crippen LogP contribution in [0.2, 0.25) is 0 Å². The number of nitrogen functional groups attached to an aromatic ring is 1. The third-order valence-electron chi connectivity index (χ3n) is 6.27. The van der Waals surface area contributed by atoms with Crippen molar-refractivity contribution in [2.75, 3.05) is 30.8 Å². The molecule has 4 heterocycles. The van der Waals surface area contributed by atoms with Crippen molar-refractivity contribution >= 4 is 43.4 Å². The third-order valence-corrected chi connectivity index (χ3v) is 7.16. The number of hydrogen-bond acceptors (Lipinski definition) is 8. The molecule has 4 aromatic rings. The molecule has 0 radical (unpaired) electrons. The van der Waals surface area contributed by atoms with Crippen LogP contribution in [0.4, 0.5) is 19.7 Å². The molecular weight excluding hydrogens is 434 g/mol. The zero-order chi connectivity index (χ0) is 22.0. The van der Waals surface area contributed by atoms with Crippen LogP contribution in [0, 0.1) is 11.6 Å². The van der Waals surface area contributed by atoms with Gasteiger partial charge in [-0.1, -0.05) is 17.4 Å². The van der Waals surface area contributed by atoms with Gasteiger partial charge in [-0.3, -0.25) is 0 Å². The van der Waals surface area contributed by atoms with E-state index in [1.54, 1.807) is 6.07 Å². The predicted octanol–water partition coefficient (Wildman–Crippen LogP) is 3.72. The molecule has 10 heteroatoms. The number of hydrogen-bond donors (Lipinski definition) is 2. The lowest BCUT2D eigenvalue weighted by atomic mass is 10.0. The smallest absolute Gasteiger partial charge is 0.318 e. The highest BCUT2D eigenvalue weighted by atomic mass is 32.1. The van der Waals surface area contributed by atoms with Gasteiger partial charge in [0.1, 0.15) is 17.2 Å². The molecule has 2 fully saturated rings. The van der Waals surface area contributed by atoms with E-state index in [-0.39, 0.29) is 22.2 Å². The fraction of sp³-hybridized carbons (Fsp3) is 0.318. The summed E-state index contributed by atoms with van der Waals surface area (Å²) in [5.74, 6) is -0.293. The lowest BCUT2D eigenvalue weighted by Crippen LogP contribution is -2.51. The Labute approximate surface area is 186 Å². The van der Waals surface area contributed by atoms with Gasteiger partial charge < -0.3 is 20.7 Å². The minimum atomic E-state index is -0.526. The van der Waals surface area contributed by atoms with Crippen LogP contribution in [0.15, 0.2) is 24.3 Å². The minimum absolute atomic E-state index is 0.108. The Morgan fingerprint density at radius 2 is 1.78 bits per heavy atom. The molecular formula is C22H20F2N6OS. The number of nitrogens with two attached hydrogens (primary N) is 1. The minimum Gasteiger partial charge on any atom is -0.467 e. The van der Waals surface area contributed by atoms with Crippen LogP contribution < -0.4 is 20.7 Å². The monoisotopic (exact) mass is 454 g/mol. The SMILES string of the molecule is COc1nc(N2CC3CCC(C2)N3)c2ccc(-c3ccc(F)c4sc(N)nc34)c(F)c2n1. The summed E-state index contributed by atoms with van der Waals surface area (Å²) >= 11 is 1.04. The van der Waals surface area contributed by atoms with E-state index >= 15 is 4.39 Å². The normalized spacial score (nSPS) is 20.4. The zero-order valence-electron chi connectivity index (χ0n) is 17.2. The van der Waals surface area contributed by atoms with E-state index < -0.39 is 11.6 Å². The summed E-state index contributed by atoms with van der Waals surface area (Å²) in [6.07, 6.45) is 2.24. The van der Waals surface area contributed by atoms with Crippen LogP contribution in [-0.2, 0) is 0 Å². The number of fused-ring (bicyclic) bond motifs is 4. The highest BCUT2D eigenvalue weighted by Crippen LogP contribution is 2.39. The molecule has 0 amide bonds. The number of thiazole rings is 1. The Morgan fingerprint density at radius 1 is 1.03 bits per heavy atom. The van der Waals surface area contributed by atoms with E-state index in [0.717, 1.165) is 37.3 Å². The van der Waals surface area contributed by atoms with Crippen LogP contribution >= 0.6 is 11.3 Å². The molecule has 3 N–H and O–H groups in total. The number of nitrogens with one attached hydrogen (secondary N) is 1. The Hall–Kier alpha value is -3.11. The molecule has 6 rings (SSSR count). The van der Waals surface area contributed by atoms with Gasteiger partial charge in [-0.25, -0.2) is 13.8 Å². The van der Waals surface area contributed by atoms with Gasteiger partial charge in [0.15, 0.2) is 10.9 Å². The first-order chi connectivity index (χ1) is 15.5. The van der Waals surface area contributed by atoms with E-state index in [0.29, 0.717) is 39.1 Å². The Balaban J connectivity index is 1.55. The molecule has 2 aromatic carbocycles. The van der Waals surface area contributed by atoms with E-state index in [9.17, 15) is 4.39 Å². The van der Waals surface area contributed by atoms with Gasteiger partial charge in [0.25, 0.3) is 0 Å². The maximum Gasteiger partial charge on any atom is 0.318 e. The molecule has 2 saturated heterocycles. The second-order valence-electron chi connectivity index (χ2n) is 8.22. The standard InChI is InChI=1S/C22H20F2N6OS/c1-31-22-28-17-14(20(29-22)30-8-10-2-3-11(9-30)26-10)5-4-12(16(17)24)13-6-7-15(23)19-18(13)27-21(25)32-19/h4-7,10-11,26H,2-3,8-9H2,1H3,(H2,25,27). The molecule has 0 saturated carbocycles. The van der Waals surface area contributed by atoms with Gasteiger partial charge in [-0.05, 0) is 31.0 Å². The molecule has 164 valence electrons. The molecule has 0 spiro atoms. The highest BCUT2D eigenvalue weighted by molar-refractivity contribution is 7.22. The summed E-state index contributed by atoms with van der Waals surface area (Å²) < 4.78 is 35.7. The van der Waals surface area contributed by atoms with Gasteiger partial charge in [-0.2, -0.15) is 9.97 Å². The number of ether oxygens (including phenoxy) is 1. The number of nitrogens with zero attached hydrogens (tertiary/aromatic N) is 4. The van der Waals surface area contributed by atoms with Crippen molar-refractivity contribution < 1.29 is 13.5 Å². The highest BCUT2D eigenvalue weighted by Gasteiger charge is 2.34. The average molecular weight is 455 g/mol. The van der Waals surface area contributed by atoms with Crippen molar-refractivity contribution in [3.8, 4) is 17.1 Å². The second kappa shape index (κ2) is 7.21. The Morgan fingerprint density at radius 3 is 2.53 bits per heavy atom. The van der Waals surface area contributed by atoms with E-state index in [2.05, 4.69) is 25.2 Å². The molecule has 2 aliphatic heterocycles. The molecule has 32 heavy (non-hydrogen) atoms. The van der Waals surface area contributed by atoms with Crippen LogP contribution in [0.3, 0.4) is 0 Å². The van der Waals surface area contributed by atoms with Crippen molar-refractivity contribution in [1.29, 1.82) is 0 Å². The lowest BCUT2D eigenvalue weighted by molar-refractivity contribution is 0.380. The number of halogens is 2. The summed E-state index contributed by atoms with van der Waals surface area (Å²) in [6.45, 7) is 1.59. The first kappa shape index (κ1) is 19.6. The van der Waals surface area contributed by atoms with Crippen LogP contribution in [0.5, 0.6) is 6.01 Å². The van der Waals surface area contributed by atoms with Gasteiger partial charge in [0.05, 0.1) is 17.3 Å². The number of piperazine rings is 1. The fourth-order valence-electron chi connectivity index (χ4n) is 4.85. The Bertz CT molecular complexity index is 1360. The molecule has 2 aliphatic rings.